The van der Waals surface area contributed by atoms with Crippen LogP contribution in [0.2, 0.25) is 0 Å². The first-order valence-corrected chi connectivity index (χ1v) is 7.27. The van der Waals surface area contributed by atoms with E-state index in [0.717, 1.165) is 19.3 Å². The monoisotopic (exact) mass is 312 g/mol. The largest absolute Gasteiger partial charge is 0.453 e. The molecule has 1 N–H and O–H groups in total. The van der Waals surface area contributed by atoms with Gasteiger partial charge in [-0.25, -0.2) is 9.59 Å². The molecule has 3 amide bonds. The fourth-order valence-electron chi connectivity index (χ4n) is 2.10. The predicted octanol–water partition coefficient (Wildman–Crippen LogP) is 2.21. The molecular formula is C15H24N2O5. The number of rotatable bonds is 3. The number of alkyl carbamates (subject to hydrolysis) is 1. The first-order chi connectivity index (χ1) is 10.2. The summed E-state index contributed by atoms with van der Waals surface area (Å²) in [6, 6.07) is -0.203. The van der Waals surface area contributed by atoms with E-state index in [2.05, 4.69) is 5.32 Å². The van der Waals surface area contributed by atoms with E-state index < -0.39 is 23.7 Å². The van der Waals surface area contributed by atoms with Crippen molar-refractivity contribution in [2.24, 2.45) is 0 Å². The molecule has 0 spiro atoms. The zero-order valence-corrected chi connectivity index (χ0v) is 13.5. The predicted molar refractivity (Wildman–Crippen MR) is 80.3 cm³/mol. The molecule has 1 aliphatic rings. The molecule has 0 fully saturated rings. The van der Waals surface area contributed by atoms with Gasteiger partial charge in [0.1, 0.15) is 12.1 Å². The Hall–Kier alpha value is -2.05. The van der Waals surface area contributed by atoms with E-state index in [0.29, 0.717) is 0 Å². The molecule has 0 aliphatic heterocycles. The maximum atomic E-state index is 11.9. The lowest BCUT2D eigenvalue weighted by Crippen LogP contribution is -2.48. The van der Waals surface area contributed by atoms with E-state index in [1.165, 1.54) is 12.0 Å². The number of imide groups is 1. The summed E-state index contributed by atoms with van der Waals surface area (Å²) < 4.78 is 9.71. The molecule has 0 saturated heterocycles. The Morgan fingerprint density at radius 2 is 2.00 bits per heavy atom. The van der Waals surface area contributed by atoms with E-state index in [1.807, 2.05) is 12.2 Å². The van der Waals surface area contributed by atoms with E-state index in [9.17, 15) is 14.4 Å². The van der Waals surface area contributed by atoms with Gasteiger partial charge in [0.05, 0.1) is 13.2 Å². The number of nitrogens with one attached hydrogen (secondary N) is 1. The molecule has 0 heterocycles. The van der Waals surface area contributed by atoms with Gasteiger partial charge in [0, 0.05) is 0 Å². The molecule has 1 atom stereocenters. The lowest BCUT2D eigenvalue weighted by Gasteiger charge is -2.29. The van der Waals surface area contributed by atoms with Gasteiger partial charge in [0.2, 0.25) is 5.91 Å². The first-order valence-electron chi connectivity index (χ1n) is 7.27. The molecule has 0 bridgehead atoms. The zero-order chi connectivity index (χ0) is 16.8. The van der Waals surface area contributed by atoms with Gasteiger partial charge in [-0.3, -0.25) is 15.0 Å². The number of hydrogen-bond acceptors (Lipinski definition) is 5. The third-order valence-electron chi connectivity index (χ3n) is 2.99. The smallest absolute Gasteiger partial charge is 0.414 e. The molecule has 0 aromatic rings. The third kappa shape index (κ3) is 6.15. The highest BCUT2D eigenvalue weighted by atomic mass is 16.6. The van der Waals surface area contributed by atoms with E-state index in [-0.39, 0.29) is 12.6 Å². The molecule has 0 aromatic carbocycles. The number of carbonyl (C=O) groups is 3. The van der Waals surface area contributed by atoms with Gasteiger partial charge in [-0.1, -0.05) is 12.2 Å². The lowest BCUT2D eigenvalue weighted by molar-refractivity contribution is -0.121. The highest BCUT2D eigenvalue weighted by Crippen LogP contribution is 2.17. The second-order valence-corrected chi connectivity index (χ2v) is 6.07. The molecule has 0 saturated carbocycles. The van der Waals surface area contributed by atoms with Gasteiger partial charge in [0.15, 0.2) is 0 Å². The average molecular weight is 312 g/mol. The van der Waals surface area contributed by atoms with E-state index in [1.54, 1.807) is 20.8 Å². The number of hydrogen-bond donors (Lipinski definition) is 1. The van der Waals surface area contributed by atoms with Crippen LogP contribution in [0.4, 0.5) is 9.59 Å². The Labute approximate surface area is 130 Å². The Morgan fingerprint density at radius 1 is 1.32 bits per heavy atom. The minimum absolute atomic E-state index is 0.203. The van der Waals surface area contributed by atoms with Crippen LogP contribution >= 0.6 is 0 Å². The van der Waals surface area contributed by atoms with Gasteiger partial charge >= 0.3 is 12.2 Å². The molecule has 124 valence electrons. The number of nitrogens with zero attached hydrogens (tertiary/aromatic N) is 1. The van der Waals surface area contributed by atoms with Crippen molar-refractivity contribution in [3.63, 3.8) is 0 Å². The third-order valence-corrected chi connectivity index (χ3v) is 2.99. The van der Waals surface area contributed by atoms with Crippen LogP contribution in [0.15, 0.2) is 12.2 Å². The maximum absolute atomic E-state index is 11.9. The highest BCUT2D eigenvalue weighted by Gasteiger charge is 2.27. The number of allylic oxidation sites excluding steroid dienone is 1. The topological polar surface area (TPSA) is 84.9 Å². The zero-order valence-electron chi connectivity index (χ0n) is 13.5. The van der Waals surface area contributed by atoms with Gasteiger partial charge in [-0.15, -0.1) is 0 Å². The maximum Gasteiger partial charge on any atom is 0.414 e. The summed E-state index contributed by atoms with van der Waals surface area (Å²) in [5, 5.41) is 2.11. The number of amides is 3. The second kappa shape index (κ2) is 7.82. The molecule has 0 aromatic heterocycles. The summed E-state index contributed by atoms with van der Waals surface area (Å²) in [4.78, 5) is 36.6. The molecule has 22 heavy (non-hydrogen) atoms. The van der Waals surface area contributed by atoms with Crippen molar-refractivity contribution in [3.05, 3.63) is 12.2 Å². The molecule has 1 unspecified atom stereocenters. The van der Waals surface area contributed by atoms with Gasteiger partial charge < -0.3 is 9.47 Å². The van der Waals surface area contributed by atoms with Crippen molar-refractivity contribution >= 4 is 18.1 Å². The standard InChI is InChI=1S/C15H24N2O5/c1-15(2,3)22-13(19)16-12(18)10-17(14(20)21-4)11-8-6-5-7-9-11/h6,8,11H,5,7,9-10H2,1-4H3,(H,16,18,19). The molecular weight excluding hydrogens is 288 g/mol. The van der Waals surface area contributed by atoms with Gasteiger partial charge in [0.25, 0.3) is 0 Å². The summed E-state index contributed by atoms with van der Waals surface area (Å²) in [6.07, 6.45) is 5.05. The molecule has 1 aliphatic carbocycles. The quantitative estimate of drug-likeness (QED) is 0.808. The van der Waals surface area contributed by atoms with Crippen LogP contribution in [0.25, 0.3) is 0 Å². The van der Waals surface area contributed by atoms with E-state index in [4.69, 9.17) is 9.47 Å². The lowest BCUT2D eigenvalue weighted by atomic mass is 10.0. The van der Waals surface area contributed by atoms with Crippen LogP contribution in [0, 0.1) is 0 Å². The normalized spacial score (nSPS) is 17.5. The van der Waals surface area contributed by atoms with Gasteiger partial charge in [-0.2, -0.15) is 0 Å². The molecule has 7 heteroatoms. The van der Waals surface area contributed by atoms with Crippen molar-refractivity contribution < 1.29 is 23.9 Å². The van der Waals surface area contributed by atoms with E-state index >= 15 is 0 Å². The van der Waals surface area contributed by atoms with Crippen molar-refractivity contribution in [2.75, 3.05) is 13.7 Å². The molecule has 7 nitrogen and oxygen atoms in total. The SMILES string of the molecule is COC(=O)N(CC(=O)NC(=O)OC(C)(C)C)C1C=CCCC1. The minimum atomic E-state index is -0.832. The Balaban J connectivity index is 2.63. The van der Waals surface area contributed by atoms with Crippen LogP contribution in [0.5, 0.6) is 0 Å². The van der Waals surface area contributed by atoms with Crippen LogP contribution < -0.4 is 5.32 Å². The number of ether oxygens (including phenoxy) is 2. The fraction of sp³-hybridized carbons (Fsp3) is 0.667. The second-order valence-electron chi connectivity index (χ2n) is 6.07. The first kappa shape index (κ1) is 18.0. The fourth-order valence-corrected chi connectivity index (χ4v) is 2.10. The summed E-state index contributed by atoms with van der Waals surface area (Å²) in [5.74, 6) is -0.612. The van der Waals surface area contributed by atoms with Gasteiger partial charge in [-0.05, 0) is 40.0 Å². The summed E-state index contributed by atoms with van der Waals surface area (Å²) >= 11 is 0. The summed E-state index contributed by atoms with van der Waals surface area (Å²) in [7, 11) is 1.26. The average Bonchev–Trinajstić information content (AvgIpc) is 2.42. The Morgan fingerprint density at radius 3 is 2.50 bits per heavy atom. The van der Waals surface area contributed by atoms with Crippen molar-refractivity contribution in [1.82, 2.24) is 10.2 Å². The number of carbonyl (C=O) groups excluding carboxylic acids is 3. The van der Waals surface area contributed by atoms with Crippen molar-refractivity contribution in [3.8, 4) is 0 Å². The molecule has 1 rings (SSSR count). The summed E-state index contributed by atoms with van der Waals surface area (Å²) in [6.45, 7) is 4.83. The molecule has 0 radical (unpaired) electrons. The van der Waals surface area contributed by atoms with Crippen LogP contribution in [0.3, 0.4) is 0 Å². The number of methoxy groups -OCH3 is 1. The Kier molecular flexibility index (Phi) is 6.39. The van der Waals surface area contributed by atoms with Crippen LogP contribution in [0.1, 0.15) is 40.0 Å². The highest BCUT2D eigenvalue weighted by molar-refractivity contribution is 5.94. The van der Waals surface area contributed by atoms with Crippen molar-refractivity contribution in [2.45, 2.75) is 51.7 Å². The minimum Gasteiger partial charge on any atom is -0.453 e. The van der Waals surface area contributed by atoms with Crippen LogP contribution in [-0.4, -0.2) is 48.3 Å². The Bertz CT molecular complexity index is 453. The summed E-state index contributed by atoms with van der Waals surface area (Å²) in [5.41, 5.74) is -0.696. The van der Waals surface area contributed by atoms with Crippen molar-refractivity contribution in [1.29, 1.82) is 0 Å². The van der Waals surface area contributed by atoms with Crippen LogP contribution in [-0.2, 0) is 14.3 Å².